The van der Waals surface area contributed by atoms with Gasteiger partial charge >= 0.3 is 0 Å². The van der Waals surface area contributed by atoms with E-state index < -0.39 is 0 Å². The molecule has 4 heterocycles. The maximum Gasteiger partial charge on any atom is 0.157 e. The lowest BCUT2D eigenvalue weighted by molar-refractivity contribution is 0.453. The van der Waals surface area contributed by atoms with E-state index >= 15 is 0 Å². The molecule has 2 aromatic rings. The summed E-state index contributed by atoms with van der Waals surface area (Å²) in [5.41, 5.74) is 3.55. The molecule has 0 unspecified atom stereocenters. The summed E-state index contributed by atoms with van der Waals surface area (Å²) in [7, 11) is 2.08. The summed E-state index contributed by atoms with van der Waals surface area (Å²) in [5, 5.41) is 3.44. The predicted octanol–water partition coefficient (Wildman–Crippen LogP) is 2.04. The Labute approximate surface area is 125 Å². The Balaban J connectivity index is 1.81. The fourth-order valence-corrected chi connectivity index (χ4v) is 3.61. The van der Waals surface area contributed by atoms with Crippen LogP contribution in [-0.2, 0) is 7.05 Å². The number of imidazole rings is 1. The molecule has 0 radical (unpaired) electrons. The van der Waals surface area contributed by atoms with Crippen LogP contribution in [0.2, 0.25) is 0 Å². The summed E-state index contributed by atoms with van der Waals surface area (Å²) in [6, 6.07) is 2.26. The SMILES string of the molecule is Cn1cnc2c(N3CCCC3)nc(C3CCNCC3)cc21. The number of aromatic nitrogens is 3. The Morgan fingerprint density at radius 1 is 1.19 bits per heavy atom. The monoisotopic (exact) mass is 285 g/mol. The minimum atomic E-state index is 0.590. The van der Waals surface area contributed by atoms with Gasteiger partial charge in [-0.25, -0.2) is 9.97 Å². The van der Waals surface area contributed by atoms with Crippen molar-refractivity contribution in [1.82, 2.24) is 19.9 Å². The molecule has 0 saturated carbocycles. The number of anilines is 1. The van der Waals surface area contributed by atoms with Gasteiger partial charge in [-0.2, -0.15) is 0 Å². The molecule has 5 heteroatoms. The molecule has 21 heavy (non-hydrogen) atoms. The Hall–Kier alpha value is -1.62. The molecule has 0 aromatic carbocycles. The number of nitrogens with zero attached hydrogens (tertiary/aromatic N) is 4. The van der Waals surface area contributed by atoms with Crippen LogP contribution in [0.1, 0.15) is 37.3 Å². The first-order valence-corrected chi connectivity index (χ1v) is 8.10. The number of aryl methyl sites for hydroxylation is 1. The van der Waals surface area contributed by atoms with Gasteiger partial charge in [0.15, 0.2) is 5.82 Å². The van der Waals surface area contributed by atoms with Crippen molar-refractivity contribution in [1.29, 1.82) is 0 Å². The second kappa shape index (κ2) is 5.30. The molecule has 4 rings (SSSR count). The first kappa shape index (κ1) is 13.1. The molecular formula is C16H23N5. The molecule has 0 bridgehead atoms. The summed E-state index contributed by atoms with van der Waals surface area (Å²) in [4.78, 5) is 12.1. The number of nitrogens with one attached hydrogen (secondary N) is 1. The predicted molar refractivity (Wildman–Crippen MR) is 84.8 cm³/mol. The lowest BCUT2D eigenvalue weighted by Gasteiger charge is -2.24. The number of pyridine rings is 1. The summed E-state index contributed by atoms with van der Waals surface area (Å²) in [5.74, 6) is 1.70. The zero-order valence-corrected chi connectivity index (χ0v) is 12.7. The fraction of sp³-hybridized carbons (Fsp3) is 0.625. The second-order valence-corrected chi connectivity index (χ2v) is 6.31. The van der Waals surface area contributed by atoms with E-state index in [0.29, 0.717) is 5.92 Å². The van der Waals surface area contributed by atoms with Crippen molar-refractivity contribution in [3.05, 3.63) is 18.1 Å². The molecule has 0 spiro atoms. The van der Waals surface area contributed by atoms with Crippen LogP contribution in [0.25, 0.3) is 11.0 Å². The van der Waals surface area contributed by atoms with Gasteiger partial charge in [-0.3, -0.25) is 0 Å². The minimum absolute atomic E-state index is 0.590. The van der Waals surface area contributed by atoms with Gasteiger partial charge in [0.05, 0.1) is 11.8 Å². The van der Waals surface area contributed by atoms with Gasteiger partial charge < -0.3 is 14.8 Å². The van der Waals surface area contributed by atoms with Gasteiger partial charge in [0, 0.05) is 31.7 Å². The van der Waals surface area contributed by atoms with Crippen LogP contribution in [0.4, 0.5) is 5.82 Å². The van der Waals surface area contributed by atoms with Crippen LogP contribution in [0, 0.1) is 0 Å². The van der Waals surface area contributed by atoms with Crippen molar-refractivity contribution in [2.24, 2.45) is 7.05 Å². The Kier molecular flexibility index (Phi) is 3.30. The number of hydrogen-bond acceptors (Lipinski definition) is 4. The fourth-order valence-electron chi connectivity index (χ4n) is 3.61. The molecule has 0 atom stereocenters. The van der Waals surface area contributed by atoms with E-state index in [4.69, 9.17) is 4.98 Å². The third-order valence-electron chi connectivity index (χ3n) is 4.88. The third-order valence-corrected chi connectivity index (χ3v) is 4.88. The molecule has 2 saturated heterocycles. The van der Waals surface area contributed by atoms with Gasteiger partial charge in [0.2, 0.25) is 0 Å². The van der Waals surface area contributed by atoms with Crippen LogP contribution in [0.15, 0.2) is 12.4 Å². The average Bonchev–Trinajstić information content (AvgIpc) is 3.18. The average molecular weight is 285 g/mol. The highest BCUT2D eigenvalue weighted by atomic mass is 15.2. The van der Waals surface area contributed by atoms with Crippen LogP contribution in [-0.4, -0.2) is 40.7 Å². The van der Waals surface area contributed by atoms with Gasteiger partial charge in [-0.1, -0.05) is 0 Å². The van der Waals surface area contributed by atoms with E-state index in [0.717, 1.165) is 37.5 Å². The minimum Gasteiger partial charge on any atom is -0.355 e. The van der Waals surface area contributed by atoms with Gasteiger partial charge in [0.25, 0.3) is 0 Å². The maximum absolute atomic E-state index is 5.04. The van der Waals surface area contributed by atoms with Gasteiger partial charge in [-0.15, -0.1) is 0 Å². The first-order valence-electron chi connectivity index (χ1n) is 8.10. The van der Waals surface area contributed by atoms with Gasteiger partial charge in [0.1, 0.15) is 5.52 Å². The molecule has 5 nitrogen and oxygen atoms in total. The van der Waals surface area contributed by atoms with Crippen molar-refractivity contribution >= 4 is 16.9 Å². The highest BCUT2D eigenvalue weighted by molar-refractivity contribution is 5.87. The van der Waals surface area contributed by atoms with Crippen molar-refractivity contribution in [3.8, 4) is 0 Å². The van der Waals surface area contributed by atoms with Crippen LogP contribution in [0.3, 0.4) is 0 Å². The van der Waals surface area contributed by atoms with Crippen molar-refractivity contribution in [3.63, 3.8) is 0 Å². The Bertz CT molecular complexity index is 635. The second-order valence-electron chi connectivity index (χ2n) is 6.31. The molecule has 1 N–H and O–H groups in total. The first-order chi connectivity index (χ1) is 10.3. The number of piperidine rings is 1. The zero-order valence-electron chi connectivity index (χ0n) is 12.7. The highest BCUT2D eigenvalue weighted by Crippen LogP contribution is 2.32. The molecule has 0 amide bonds. The van der Waals surface area contributed by atoms with Crippen LogP contribution < -0.4 is 10.2 Å². The molecule has 2 aliphatic rings. The molecule has 112 valence electrons. The maximum atomic E-state index is 5.04. The van der Waals surface area contributed by atoms with E-state index in [-0.39, 0.29) is 0 Å². The lowest BCUT2D eigenvalue weighted by Crippen LogP contribution is -2.27. The lowest BCUT2D eigenvalue weighted by atomic mass is 9.94. The van der Waals surface area contributed by atoms with Crippen molar-refractivity contribution in [2.45, 2.75) is 31.6 Å². The van der Waals surface area contributed by atoms with E-state index in [2.05, 4.69) is 32.9 Å². The van der Waals surface area contributed by atoms with Gasteiger partial charge in [-0.05, 0) is 44.8 Å². The van der Waals surface area contributed by atoms with E-state index in [1.807, 2.05) is 6.33 Å². The topological polar surface area (TPSA) is 46.0 Å². The third kappa shape index (κ3) is 2.29. The zero-order chi connectivity index (χ0) is 14.2. The highest BCUT2D eigenvalue weighted by Gasteiger charge is 2.23. The van der Waals surface area contributed by atoms with E-state index in [1.165, 1.54) is 36.9 Å². The van der Waals surface area contributed by atoms with E-state index in [9.17, 15) is 0 Å². The normalized spacial score (nSPS) is 20.5. The smallest absolute Gasteiger partial charge is 0.157 e. The largest absolute Gasteiger partial charge is 0.355 e. The van der Waals surface area contributed by atoms with Crippen LogP contribution in [0.5, 0.6) is 0 Å². The standard InChI is InChI=1S/C16H23N5/c1-20-11-18-15-14(20)10-13(12-4-6-17-7-5-12)19-16(15)21-8-2-3-9-21/h10-12,17H,2-9H2,1H3. The van der Waals surface area contributed by atoms with E-state index in [1.54, 1.807) is 0 Å². The summed E-state index contributed by atoms with van der Waals surface area (Å²) >= 11 is 0. The van der Waals surface area contributed by atoms with Crippen LogP contribution >= 0.6 is 0 Å². The summed E-state index contributed by atoms with van der Waals surface area (Å²) < 4.78 is 2.13. The summed E-state index contributed by atoms with van der Waals surface area (Å²) in [6.07, 6.45) is 6.84. The quantitative estimate of drug-likeness (QED) is 0.917. The number of fused-ring (bicyclic) bond motifs is 1. The molecule has 0 aliphatic carbocycles. The molecule has 2 aromatic heterocycles. The van der Waals surface area contributed by atoms with Crippen molar-refractivity contribution < 1.29 is 0 Å². The molecule has 2 fully saturated rings. The molecular weight excluding hydrogens is 262 g/mol. The summed E-state index contributed by atoms with van der Waals surface area (Å²) in [6.45, 7) is 4.45. The van der Waals surface area contributed by atoms with Crippen molar-refractivity contribution in [2.75, 3.05) is 31.1 Å². The number of rotatable bonds is 2. The molecule has 2 aliphatic heterocycles. The Morgan fingerprint density at radius 3 is 2.71 bits per heavy atom. The number of hydrogen-bond donors (Lipinski definition) is 1. The Morgan fingerprint density at radius 2 is 1.95 bits per heavy atom.